The molecule has 1 aliphatic heterocycles. The number of aryl methyl sites for hydroxylation is 1. The Hall–Kier alpha value is -2.74. The van der Waals surface area contributed by atoms with Gasteiger partial charge >= 0.3 is 0 Å². The maximum absolute atomic E-state index is 6.35. The lowest BCUT2D eigenvalue weighted by Crippen LogP contribution is -2.33. The Balaban J connectivity index is 2.18. The van der Waals surface area contributed by atoms with Gasteiger partial charge in [-0.25, -0.2) is 0 Å². The molecule has 2 heteroatoms. The van der Waals surface area contributed by atoms with Gasteiger partial charge in [-0.05, 0) is 61.7 Å². The lowest BCUT2D eigenvalue weighted by Gasteiger charge is -2.35. The largest absolute Gasteiger partial charge is 0.470 e. The number of ether oxygens (including phenoxy) is 1. The van der Waals surface area contributed by atoms with Crippen molar-refractivity contribution in [1.82, 2.24) is 0 Å². The van der Waals surface area contributed by atoms with E-state index in [0.717, 1.165) is 23.4 Å². The van der Waals surface area contributed by atoms with Crippen LogP contribution in [0.1, 0.15) is 25.0 Å². The summed E-state index contributed by atoms with van der Waals surface area (Å²) in [5.74, 6) is 0.886. The van der Waals surface area contributed by atoms with Gasteiger partial charge in [-0.1, -0.05) is 49.1 Å². The highest BCUT2D eigenvalue weighted by atomic mass is 16.5. The third kappa shape index (κ3) is 3.53. The lowest BCUT2D eigenvalue weighted by molar-refractivity contribution is 0.143. The fraction of sp³-hybridized carbons (Fsp3) is 0.217. The van der Waals surface area contributed by atoms with Crippen molar-refractivity contribution < 1.29 is 4.74 Å². The lowest BCUT2D eigenvalue weighted by atomic mass is 9.99. The van der Waals surface area contributed by atoms with Gasteiger partial charge in [-0.3, -0.25) is 0 Å². The molecule has 0 radical (unpaired) electrons. The molecule has 1 aliphatic rings. The molecule has 0 N–H and O–H groups in total. The molecule has 3 rings (SSSR count). The topological polar surface area (TPSA) is 12.5 Å². The third-order valence-corrected chi connectivity index (χ3v) is 4.45. The minimum Gasteiger partial charge on any atom is -0.470 e. The number of rotatable bonds is 3. The molecule has 0 aliphatic carbocycles. The quantitative estimate of drug-likeness (QED) is 0.677. The van der Waals surface area contributed by atoms with Crippen molar-refractivity contribution in [2.45, 2.75) is 33.4 Å². The minimum absolute atomic E-state index is 0.135. The second kappa shape index (κ2) is 7.43. The first-order valence-corrected chi connectivity index (χ1v) is 8.72. The minimum atomic E-state index is -0.135. The van der Waals surface area contributed by atoms with Gasteiger partial charge in [0.2, 0.25) is 0 Å². The van der Waals surface area contributed by atoms with Crippen LogP contribution in [0.2, 0.25) is 0 Å². The Kier molecular flexibility index (Phi) is 5.08. The zero-order valence-corrected chi connectivity index (χ0v) is 15.2. The molecule has 1 heterocycles. The second-order valence-corrected chi connectivity index (χ2v) is 6.33. The van der Waals surface area contributed by atoms with Gasteiger partial charge < -0.3 is 9.64 Å². The van der Waals surface area contributed by atoms with Crippen LogP contribution in [0.4, 0.5) is 11.4 Å². The molecular weight excluding hydrogens is 306 g/mol. The van der Waals surface area contributed by atoms with Crippen LogP contribution in [0, 0.1) is 6.92 Å². The highest BCUT2D eigenvalue weighted by molar-refractivity contribution is 5.68. The summed E-state index contributed by atoms with van der Waals surface area (Å²) < 4.78 is 6.35. The normalized spacial score (nSPS) is 20.6. The zero-order valence-electron chi connectivity index (χ0n) is 15.2. The molecule has 0 spiro atoms. The molecule has 2 aromatic rings. The first-order chi connectivity index (χ1) is 12.1. The van der Waals surface area contributed by atoms with E-state index >= 15 is 0 Å². The zero-order chi connectivity index (χ0) is 17.8. The molecule has 25 heavy (non-hydrogen) atoms. The van der Waals surface area contributed by atoms with Crippen molar-refractivity contribution in [3.8, 4) is 0 Å². The van der Waals surface area contributed by atoms with E-state index in [0.29, 0.717) is 0 Å². The van der Waals surface area contributed by atoms with Crippen molar-refractivity contribution in [1.29, 1.82) is 0 Å². The smallest absolute Gasteiger partial charge is 0.173 e. The van der Waals surface area contributed by atoms with Gasteiger partial charge in [-0.2, -0.15) is 0 Å². The van der Waals surface area contributed by atoms with E-state index in [1.165, 1.54) is 16.8 Å². The van der Waals surface area contributed by atoms with Gasteiger partial charge in [0.1, 0.15) is 5.76 Å². The highest BCUT2D eigenvalue weighted by Gasteiger charge is 2.24. The number of anilines is 2. The Morgan fingerprint density at radius 3 is 2.68 bits per heavy atom. The number of benzene rings is 2. The number of allylic oxidation sites excluding steroid dienone is 4. The molecule has 0 aromatic heterocycles. The number of hydrogen-bond acceptors (Lipinski definition) is 2. The SMILES string of the molecule is C=C/C1=C(\C=C/C)OC(C)N(c2cccc(C)c2)c2ccccc2C1. The standard InChI is InChI=1S/C23H25NO/c1-5-10-23-19(6-2)16-20-12-7-8-14-22(20)24(18(4)25-23)21-13-9-11-17(3)15-21/h5-15,18H,2,16H2,1,3-4H3/b10-5-,23-19-. The molecule has 128 valence electrons. The summed E-state index contributed by atoms with van der Waals surface area (Å²) in [7, 11) is 0. The van der Waals surface area contributed by atoms with Gasteiger partial charge in [-0.15, -0.1) is 0 Å². The fourth-order valence-corrected chi connectivity index (χ4v) is 3.29. The van der Waals surface area contributed by atoms with E-state index in [1.54, 1.807) is 0 Å². The Labute approximate surface area is 150 Å². The van der Waals surface area contributed by atoms with Crippen molar-refractivity contribution in [3.63, 3.8) is 0 Å². The molecule has 0 fully saturated rings. The van der Waals surface area contributed by atoms with Crippen LogP contribution in [0.5, 0.6) is 0 Å². The molecule has 2 nitrogen and oxygen atoms in total. The molecule has 2 aromatic carbocycles. The Morgan fingerprint density at radius 1 is 1.16 bits per heavy atom. The van der Waals surface area contributed by atoms with E-state index < -0.39 is 0 Å². The third-order valence-electron chi connectivity index (χ3n) is 4.45. The number of hydrogen-bond donors (Lipinski definition) is 0. The van der Waals surface area contributed by atoms with Gasteiger partial charge in [0, 0.05) is 17.8 Å². The second-order valence-electron chi connectivity index (χ2n) is 6.33. The predicted octanol–water partition coefficient (Wildman–Crippen LogP) is 6.07. The van der Waals surface area contributed by atoms with Crippen LogP contribution < -0.4 is 4.90 Å². The van der Waals surface area contributed by atoms with Gasteiger partial charge in [0.15, 0.2) is 6.23 Å². The predicted molar refractivity (Wildman–Crippen MR) is 106 cm³/mol. The van der Waals surface area contributed by atoms with Crippen molar-refractivity contribution in [2.75, 3.05) is 4.90 Å². The number of para-hydroxylation sites is 1. The maximum Gasteiger partial charge on any atom is 0.173 e. The van der Waals surface area contributed by atoms with Crippen molar-refractivity contribution in [3.05, 3.63) is 95.8 Å². The Morgan fingerprint density at radius 2 is 1.96 bits per heavy atom. The first-order valence-electron chi connectivity index (χ1n) is 8.72. The van der Waals surface area contributed by atoms with E-state index in [-0.39, 0.29) is 6.23 Å². The summed E-state index contributed by atoms with van der Waals surface area (Å²) in [5.41, 5.74) is 5.94. The number of nitrogens with zero attached hydrogens (tertiary/aromatic N) is 1. The summed E-state index contributed by atoms with van der Waals surface area (Å²) in [4.78, 5) is 2.27. The van der Waals surface area contributed by atoms with E-state index in [2.05, 4.69) is 73.9 Å². The van der Waals surface area contributed by atoms with Crippen LogP contribution in [-0.2, 0) is 11.2 Å². The van der Waals surface area contributed by atoms with Crippen LogP contribution in [0.3, 0.4) is 0 Å². The average molecular weight is 331 g/mol. The van der Waals surface area contributed by atoms with E-state index in [4.69, 9.17) is 4.74 Å². The molecule has 0 bridgehead atoms. The number of fused-ring (bicyclic) bond motifs is 1. The summed E-state index contributed by atoms with van der Waals surface area (Å²) in [5, 5.41) is 0. The average Bonchev–Trinajstić information content (AvgIpc) is 2.59. The molecular formula is C23H25NO. The van der Waals surface area contributed by atoms with Crippen LogP contribution in [-0.4, -0.2) is 6.23 Å². The molecule has 1 unspecified atom stereocenters. The summed E-state index contributed by atoms with van der Waals surface area (Å²) in [6.07, 6.45) is 6.60. The van der Waals surface area contributed by atoms with Crippen LogP contribution in [0.25, 0.3) is 0 Å². The molecule has 0 saturated heterocycles. The Bertz CT molecular complexity index is 831. The van der Waals surface area contributed by atoms with Crippen LogP contribution >= 0.6 is 0 Å². The molecule has 0 amide bonds. The summed E-state index contributed by atoms with van der Waals surface area (Å²) in [6, 6.07) is 17.1. The van der Waals surface area contributed by atoms with E-state index in [9.17, 15) is 0 Å². The van der Waals surface area contributed by atoms with E-state index in [1.807, 2.05) is 25.2 Å². The maximum atomic E-state index is 6.35. The summed E-state index contributed by atoms with van der Waals surface area (Å²) in [6.45, 7) is 10.2. The van der Waals surface area contributed by atoms with Crippen LogP contribution in [0.15, 0.2) is 84.7 Å². The first kappa shape index (κ1) is 17.1. The fourth-order valence-electron chi connectivity index (χ4n) is 3.29. The molecule has 1 atom stereocenters. The molecule has 0 saturated carbocycles. The van der Waals surface area contributed by atoms with Gasteiger partial charge in [0.25, 0.3) is 0 Å². The highest BCUT2D eigenvalue weighted by Crippen LogP contribution is 2.36. The van der Waals surface area contributed by atoms with Crippen molar-refractivity contribution >= 4 is 11.4 Å². The summed E-state index contributed by atoms with van der Waals surface area (Å²) >= 11 is 0. The van der Waals surface area contributed by atoms with Gasteiger partial charge in [0.05, 0.1) is 0 Å². The van der Waals surface area contributed by atoms with Crippen molar-refractivity contribution in [2.24, 2.45) is 0 Å². The monoisotopic (exact) mass is 331 g/mol.